The van der Waals surface area contributed by atoms with Crippen molar-refractivity contribution in [2.24, 2.45) is 4.99 Å². The summed E-state index contributed by atoms with van der Waals surface area (Å²) in [6, 6.07) is 19.7. The topological polar surface area (TPSA) is 88.0 Å². The molecule has 0 saturated carbocycles. The number of aromatic amines is 1. The quantitative estimate of drug-likeness (QED) is 0.320. The summed E-state index contributed by atoms with van der Waals surface area (Å²) in [6.07, 6.45) is 1.46. The van der Waals surface area contributed by atoms with E-state index in [9.17, 15) is 4.79 Å². The first-order chi connectivity index (χ1) is 17.6. The molecule has 0 aliphatic carbocycles. The van der Waals surface area contributed by atoms with Crippen molar-refractivity contribution in [2.45, 2.75) is 26.3 Å². The van der Waals surface area contributed by atoms with Gasteiger partial charge in [-0.2, -0.15) is 0 Å². The minimum Gasteiger partial charge on any atom is -0.351 e. The Morgan fingerprint density at radius 3 is 2.78 bits per heavy atom. The number of fused-ring (bicyclic) bond motifs is 4. The number of thiophene rings is 1. The summed E-state index contributed by atoms with van der Waals surface area (Å²) in [4.78, 5) is 22.1. The molecule has 36 heavy (non-hydrogen) atoms. The molecule has 0 atom stereocenters. The molecule has 6 rings (SSSR count). The van der Waals surface area contributed by atoms with E-state index in [1.54, 1.807) is 11.3 Å². The van der Waals surface area contributed by atoms with Crippen molar-refractivity contribution in [1.82, 2.24) is 25.1 Å². The SMILES string of the molecule is CCc1cc2c(s1)-n1c(CCNC(=O)c3cc4ccccc4[nH]3)nnc1CN=C2c1ccccc1Cl. The molecule has 7 nitrogen and oxygen atoms in total. The predicted molar refractivity (Wildman–Crippen MR) is 144 cm³/mol. The van der Waals surface area contributed by atoms with Crippen molar-refractivity contribution < 1.29 is 4.79 Å². The largest absolute Gasteiger partial charge is 0.351 e. The molecule has 2 aromatic carbocycles. The molecule has 5 aromatic rings. The van der Waals surface area contributed by atoms with Crippen LogP contribution in [-0.4, -0.2) is 37.9 Å². The highest BCUT2D eigenvalue weighted by molar-refractivity contribution is 7.15. The van der Waals surface area contributed by atoms with Gasteiger partial charge in [0.25, 0.3) is 5.91 Å². The molecule has 2 N–H and O–H groups in total. The molecule has 0 unspecified atom stereocenters. The molecular formula is C27H23ClN6OS. The third kappa shape index (κ3) is 4.02. The van der Waals surface area contributed by atoms with E-state index >= 15 is 0 Å². The van der Waals surface area contributed by atoms with Crippen molar-refractivity contribution in [3.63, 3.8) is 0 Å². The Hall–Kier alpha value is -3.75. The number of H-pyrrole nitrogens is 1. The fourth-order valence-corrected chi connectivity index (χ4v) is 5.85. The number of halogens is 1. The van der Waals surface area contributed by atoms with Crippen LogP contribution in [0.3, 0.4) is 0 Å². The van der Waals surface area contributed by atoms with Crippen LogP contribution in [0.4, 0.5) is 0 Å². The lowest BCUT2D eigenvalue weighted by Gasteiger charge is -2.10. The number of para-hydroxylation sites is 1. The monoisotopic (exact) mass is 514 g/mol. The Labute approximate surface area is 216 Å². The lowest BCUT2D eigenvalue weighted by atomic mass is 10.0. The van der Waals surface area contributed by atoms with E-state index in [-0.39, 0.29) is 5.91 Å². The van der Waals surface area contributed by atoms with Gasteiger partial charge in [0.2, 0.25) is 0 Å². The van der Waals surface area contributed by atoms with Crippen molar-refractivity contribution >= 4 is 45.5 Å². The maximum absolute atomic E-state index is 12.7. The molecule has 4 heterocycles. The van der Waals surface area contributed by atoms with Crippen LogP contribution in [0.1, 0.15) is 45.1 Å². The summed E-state index contributed by atoms with van der Waals surface area (Å²) in [5.41, 5.74) is 4.30. The van der Waals surface area contributed by atoms with E-state index in [4.69, 9.17) is 16.6 Å². The molecule has 1 aliphatic heterocycles. The van der Waals surface area contributed by atoms with Gasteiger partial charge >= 0.3 is 0 Å². The summed E-state index contributed by atoms with van der Waals surface area (Å²) in [7, 11) is 0. The van der Waals surface area contributed by atoms with Gasteiger partial charge < -0.3 is 10.3 Å². The lowest BCUT2D eigenvalue weighted by molar-refractivity contribution is 0.0950. The van der Waals surface area contributed by atoms with Gasteiger partial charge in [-0.25, -0.2) is 0 Å². The summed E-state index contributed by atoms with van der Waals surface area (Å²) in [5, 5.41) is 14.6. The molecule has 1 aliphatic rings. The first kappa shape index (κ1) is 22.7. The molecule has 0 spiro atoms. The van der Waals surface area contributed by atoms with Crippen LogP contribution in [0.5, 0.6) is 0 Å². The number of amides is 1. The van der Waals surface area contributed by atoms with E-state index in [0.29, 0.717) is 30.2 Å². The van der Waals surface area contributed by atoms with Gasteiger partial charge in [0.15, 0.2) is 5.82 Å². The Morgan fingerprint density at radius 2 is 1.94 bits per heavy atom. The van der Waals surface area contributed by atoms with Crippen LogP contribution >= 0.6 is 22.9 Å². The Bertz CT molecular complexity index is 1600. The average Bonchev–Trinajstić information content (AvgIpc) is 3.60. The number of aliphatic imine (C=N–C) groups is 1. The molecule has 0 radical (unpaired) electrons. The number of aromatic nitrogens is 4. The average molecular weight is 515 g/mol. The van der Waals surface area contributed by atoms with Gasteiger partial charge in [0, 0.05) is 44.9 Å². The highest BCUT2D eigenvalue weighted by Crippen LogP contribution is 2.34. The van der Waals surface area contributed by atoms with E-state index in [2.05, 4.69) is 38.1 Å². The number of hydrogen-bond acceptors (Lipinski definition) is 5. The molecular weight excluding hydrogens is 492 g/mol. The first-order valence-corrected chi connectivity index (χ1v) is 13.0. The smallest absolute Gasteiger partial charge is 0.267 e. The minimum atomic E-state index is -0.142. The number of carbonyl (C=O) groups excluding carboxylic acids is 1. The number of hydrogen-bond donors (Lipinski definition) is 2. The van der Waals surface area contributed by atoms with Gasteiger partial charge in [-0.3, -0.25) is 14.4 Å². The number of benzene rings is 2. The minimum absolute atomic E-state index is 0.142. The summed E-state index contributed by atoms with van der Waals surface area (Å²) in [5.74, 6) is 1.43. The molecule has 0 fully saturated rings. The van der Waals surface area contributed by atoms with Crippen LogP contribution in [-0.2, 0) is 19.4 Å². The first-order valence-electron chi connectivity index (χ1n) is 11.8. The van der Waals surface area contributed by atoms with E-state index in [1.807, 2.05) is 54.6 Å². The standard InChI is InChI=1S/C27H23ClN6OS/c1-2-17-14-19-25(18-8-4-5-9-20(18)28)30-15-24-33-32-23(34(24)27(19)36-17)11-12-29-26(35)22-13-16-7-3-6-10-21(16)31-22/h3-10,13-14,31H,2,11-12,15H2,1H3,(H,29,35). The zero-order valence-electron chi connectivity index (χ0n) is 19.6. The molecule has 3 aromatic heterocycles. The predicted octanol–water partition coefficient (Wildman–Crippen LogP) is 5.35. The van der Waals surface area contributed by atoms with Gasteiger partial charge in [0.1, 0.15) is 23.1 Å². The zero-order chi connectivity index (χ0) is 24.6. The van der Waals surface area contributed by atoms with Gasteiger partial charge in [-0.1, -0.05) is 54.9 Å². The Morgan fingerprint density at radius 1 is 1.11 bits per heavy atom. The molecule has 0 saturated heterocycles. The van der Waals surface area contributed by atoms with E-state index in [0.717, 1.165) is 50.8 Å². The van der Waals surface area contributed by atoms with Crippen LogP contribution in [0.25, 0.3) is 15.9 Å². The van der Waals surface area contributed by atoms with E-state index < -0.39 is 0 Å². The van der Waals surface area contributed by atoms with Gasteiger partial charge in [-0.05, 0) is 30.7 Å². The molecule has 1 amide bonds. The fourth-order valence-electron chi connectivity index (χ4n) is 4.49. The van der Waals surface area contributed by atoms with Crippen LogP contribution in [0.2, 0.25) is 5.02 Å². The lowest BCUT2D eigenvalue weighted by Crippen LogP contribution is -2.26. The van der Waals surface area contributed by atoms with E-state index in [1.165, 1.54) is 4.88 Å². The number of nitrogens with one attached hydrogen (secondary N) is 2. The third-order valence-electron chi connectivity index (χ3n) is 6.28. The fraction of sp³-hybridized carbons (Fsp3) is 0.185. The summed E-state index contributed by atoms with van der Waals surface area (Å²) < 4.78 is 2.10. The number of aryl methyl sites for hydroxylation is 1. The van der Waals surface area contributed by atoms with Crippen LogP contribution in [0.15, 0.2) is 65.7 Å². The van der Waals surface area contributed by atoms with Crippen LogP contribution < -0.4 is 5.32 Å². The van der Waals surface area contributed by atoms with Crippen molar-refractivity contribution in [3.05, 3.63) is 99.0 Å². The highest BCUT2D eigenvalue weighted by atomic mass is 35.5. The summed E-state index contributed by atoms with van der Waals surface area (Å²) in [6.45, 7) is 2.98. The second-order valence-corrected chi connectivity index (χ2v) is 10.1. The highest BCUT2D eigenvalue weighted by Gasteiger charge is 2.26. The third-order valence-corrected chi connectivity index (χ3v) is 7.88. The normalized spacial score (nSPS) is 12.7. The number of rotatable bonds is 6. The van der Waals surface area contributed by atoms with Gasteiger partial charge in [0.05, 0.1) is 5.71 Å². The van der Waals surface area contributed by atoms with Crippen molar-refractivity contribution in [2.75, 3.05) is 6.54 Å². The second kappa shape index (κ2) is 9.37. The van der Waals surface area contributed by atoms with Gasteiger partial charge in [-0.15, -0.1) is 21.5 Å². The summed E-state index contributed by atoms with van der Waals surface area (Å²) >= 11 is 8.27. The Balaban J connectivity index is 1.27. The molecule has 180 valence electrons. The number of nitrogens with zero attached hydrogens (tertiary/aromatic N) is 4. The Kier molecular flexibility index (Phi) is 5.91. The second-order valence-electron chi connectivity index (χ2n) is 8.57. The molecule has 9 heteroatoms. The van der Waals surface area contributed by atoms with Crippen molar-refractivity contribution in [1.29, 1.82) is 0 Å². The number of carbonyl (C=O) groups is 1. The maximum atomic E-state index is 12.7. The maximum Gasteiger partial charge on any atom is 0.267 e. The molecule has 0 bridgehead atoms. The zero-order valence-corrected chi connectivity index (χ0v) is 21.2. The van der Waals surface area contributed by atoms with Crippen LogP contribution in [0, 0.1) is 0 Å². The van der Waals surface area contributed by atoms with Crippen molar-refractivity contribution in [3.8, 4) is 5.00 Å².